The highest BCUT2D eigenvalue weighted by Crippen LogP contribution is 2.28. The highest BCUT2D eigenvalue weighted by atomic mass is 32.1. The summed E-state index contributed by atoms with van der Waals surface area (Å²) in [4.78, 5) is 53.9. The van der Waals surface area contributed by atoms with Crippen molar-refractivity contribution in [2.45, 2.75) is 18.9 Å². The molecule has 1 atom stereocenters. The van der Waals surface area contributed by atoms with Gasteiger partial charge < -0.3 is 4.74 Å². The van der Waals surface area contributed by atoms with Gasteiger partial charge in [-0.05, 0) is 35.7 Å². The highest BCUT2D eigenvalue weighted by Gasteiger charge is 2.45. The highest BCUT2D eigenvalue weighted by molar-refractivity contribution is 7.10. The van der Waals surface area contributed by atoms with Crippen LogP contribution in [0.25, 0.3) is 0 Å². The molecule has 2 heterocycles. The molecule has 0 saturated carbocycles. The summed E-state index contributed by atoms with van der Waals surface area (Å²) in [6.45, 7) is 0. The number of thiophene rings is 1. The molecule has 1 aromatic heterocycles. The van der Waals surface area contributed by atoms with Gasteiger partial charge in [0.05, 0.1) is 25.6 Å². The van der Waals surface area contributed by atoms with E-state index in [9.17, 15) is 19.2 Å². The molecule has 33 heavy (non-hydrogen) atoms. The van der Waals surface area contributed by atoms with Crippen LogP contribution >= 0.6 is 11.3 Å². The van der Waals surface area contributed by atoms with Crippen LogP contribution in [0.1, 0.15) is 21.7 Å². The molecule has 1 aliphatic rings. The van der Waals surface area contributed by atoms with Crippen molar-refractivity contribution >= 4 is 40.7 Å². The third kappa shape index (κ3) is 4.78. The van der Waals surface area contributed by atoms with E-state index in [0.29, 0.717) is 11.4 Å². The topological polar surface area (TPSA) is 96.0 Å². The second-order valence-electron chi connectivity index (χ2n) is 7.32. The van der Waals surface area contributed by atoms with Crippen LogP contribution < -0.4 is 15.1 Å². The van der Waals surface area contributed by atoms with E-state index in [-0.39, 0.29) is 18.4 Å². The van der Waals surface area contributed by atoms with Crippen molar-refractivity contribution in [2.24, 2.45) is 0 Å². The molecule has 4 rings (SSSR count). The molecular formula is C24H21N3O5S. The summed E-state index contributed by atoms with van der Waals surface area (Å²) in [5, 5.41) is 2.83. The summed E-state index contributed by atoms with van der Waals surface area (Å²) in [6, 6.07) is 17.3. The van der Waals surface area contributed by atoms with Crippen molar-refractivity contribution in [3.05, 3.63) is 82.6 Å². The van der Waals surface area contributed by atoms with Crippen molar-refractivity contribution in [2.75, 3.05) is 12.0 Å². The van der Waals surface area contributed by atoms with Gasteiger partial charge in [-0.1, -0.05) is 30.3 Å². The van der Waals surface area contributed by atoms with Crippen molar-refractivity contribution in [1.82, 2.24) is 10.4 Å². The van der Waals surface area contributed by atoms with Crippen LogP contribution in [0.15, 0.2) is 72.1 Å². The molecule has 168 valence electrons. The molecule has 1 aliphatic heterocycles. The van der Waals surface area contributed by atoms with Crippen LogP contribution in [0.4, 0.5) is 5.69 Å². The summed E-state index contributed by atoms with van der Waals surface area (Å²) < 4.78 is 5.19. The number of hydrazine groups is 1. The molecule has 0 spiro atoms. The Morgan fingerprint density at radius 3 is 2.58 bits per heavy atom. The average Bonchev–Trinajstić information content (AvgIpc) is 3.44. The maximum Gasteiger partial charge on any atom is 0.273 e. The Hall–Kier alpha value is -3.98. The summed E-state index contributed by atoms with van der Waals surface area (Å²) in [5.74, 6) is -1.63. The smallest absolute Gasteiger partial charge is 0.273 e. The van der Waals surface area contributed by atoms with E-state index in [4.69, 9.17) is 4.74 Å². The summed E-state index contributed by atoms with van der Waals surface area (Å²) in [6.07, 6.45) is -0.210. The van der Waals surface area contributed by atoms with Gasteiger partial charge in [0.25, 0.3) is 11.8 Å². The first-order chi connectivity index (χ1) is 16.0. The predicted octanol–water partition coefficient (Wildman–Crippen LogP) is 2.80. The zero-order chi connectivity index (χ0) is 23.4. The molecule has 8 nitrogen and oxygen atoms in total. The first kappa shape index (κ1) is 22.2. The number of amides is 4. The van der Waals surface area contributed by atoms with Crippen molar-refractivity contribution in [3.8, 4) is 5.75 Å². The molecule has 9 heteroatoms. The Morgan fingerprint density at radius 2 is 1.88 bits per heavy atom. The molecule has 1 saturated heterocycles. The average molecular weight is 464 g/mol. The van der Waals surface area contributed by atoms with Gasteiger partial charge in [-0.25, -0.2) is 9.91 Å². The number of benzene rings is 2. The normalized spacial score (nSPS) is 15.4. The Labute approximate surface area is 194 Å². The van der Waals surface area contributed by atoms with Crippen LogP contribution in [-0.4, -0.2) is 41.8 Å². The molecule has 1 fully saturated rings. The minimum Gasteiger partial charge on any atom is -0.497 e. The lowest BCUT2D eigenvalue weighted by molar-refractivity contribution is -0.128. The van der Waals surface area contributed by atoms with E-state index < -0.39 is 29.7 Å². The number of hydrogen-bond acceptors (Lipinski definition) is 6. The Bertz CT molecular complexity index is 1180. The van der Waals surface area contributed by atoms with Gasteiger partial charge in [-0.15, -0.1) is 11.3 Å². The molecule has 2 aromatic carbocycles. The lowest BCUT2D eigenvalue weighted by Crippen LogP contribution is -2.55. The van der Waals surface area contributed by atoms with E-state index in [2.05, 4.69) is 5.43 Å². The molecule has 0 aliphatic carbocycles. The maximum atomic E-state index is 13.3. The summed E-state index contributed by atoms with van der Waals surface area (Å²) in [7, 11) is 1.49. The van der Waals surface area contributed by atoms with E-state index in [1.165, 1.54) is 18.4 Å². The predicted molar refractivity (Wildman–Crippen MR) is 123 cm³/mol. The number of anilines is 1. The first-order valence-electron chi connectivity index (χ1n) is 10.2. The molecule has 3 aromatic rings. The van der Waals surface area contributed by atoms with Crippen LogP contribution in [0, 0.1) is 0 Å². The minimum absolute atomic E-state index is 0.0463. The zero-order valence-corrected chi connectivity index (χ0v) is 18.6. The van der Waals surface area contributed by atoms with E-state index in [1.54, 1.807) is 54.6 Å². The molecule has 0 radical (unpaired) electrons. The summed E-state index contributed by atoms with van der Waals surface area (Å²) in [5.41, 5.74) is 3.19. The van der Waals surface area contributed by atoms with Crippen molar-refractivity contribution in [1.29, 1.82) is 0 Å². The SMILES string of the molecule is COc1cccc(N2C(=O)CC(N(NC(=O)Cc3cccs3)C(=O)c3ccccc3)C2=O)c1. The van der Waals surface area contributed by atoms with Crippen LogP contribution in [-0.2, 0) is 20.8 Å². The number of imide groups is 1. The quantitative estimate of drug-likeness (QED) is 0.448. The van der Waals surface area contributed by atoms with E-state index in [1.807, 2.05) is 17.5 Å². The second kappa shape index (κ2) is 9.66. The van der Waals surface area contributed by atoms with Gasteiger partial charge in [-0.3, -0.25) is 24.6 Å². The first-order valence-corrected chi connectivity index (χ1v) is 11.1. The molecule has 0 bridgehead atoms. The number of carbonyl (C=O) groups is 4. The number of nitrogens with zero attached hydrogens (tertiary/aromatic N) is 2. The molecular weight excluding hydrogens is 442 g/mol. The van der Waals surface area contributed by atoms with Gasteiger partial charge in [0.1, 0.15) is 11.8 Å². The zero-order valence-electron chi connectivity index (χ0n) is 17.8. The minimum atomic E-state index is -1.18. The van der Waals surface area contributed by atoms with Crippen molar-refractivity contribution < 1.29 is 23.9 Å². The number of methoxy groups -OCH3 is 1. The fourth-order valence-corrected chi connectivity index (χ4v) is 4.28. The third-order valence-electron chi connectivity index (χ3n) is 5.15. The second-order valence-corrected chi connectivity index (χ2v) is 8.35. The molecule has 1 N–H and O–H groups in total. The van der Waals surface area contributed by atoms with Crippen molar-refractivity contribution in [3.63, 3.8) is 0 Å². The molecule has 4 amide bonds. The lowest BCUT2D eigenvalue weighted by Gasteiger charge is -2.28. The van der Waals surface area contributed by atoms with E-state index in [0.717, 1.165) is 14.8 Å². The van der Waals surface area contributed by atoms with Crippen LogP contribution in [0.2, 0.25) is 0 Å². The van der Waals surface area contributed by atoms with Gasteiger partial charge >= 0.3 is 0 Å². The lowest BCUT2D eigenvalue weighted by atomic mass is 10.1. The largest absolute Gasteiger partial charge is 0.497 e. The fourth-order valence-electron chi connectivity index (χ4n) is 3.57. The Morgan fingerprint density at radius 1 is 1.09 bits per heavy atom. The monoisotopic (exact) mass is 463 g/mol. The molecule has 1 unspecified atom stereocenters. The van der Waals surface area contributed by atoms with Gasteiger partial charge in [0, 0.05) is 16.5 Å². The third-order valence-corrected chi connectivity index (χ3v) is 6.02. The van der Waals surface area contributed by atoms with Gasteiger partial charge in [-0.2, -0.15) is 0 Å². The number of rotatable bonds is 6. The summed E-state index contributed by atoms with van der Waals surface area (Å²) >= 11 is 1.41. The fraction of sp³-hybridized carbons (Fsp3) is 0.167. The van der Waals surface area contributed by atoms with Crippen LogP contribution in [0.5, 0.6) is 5.75 Å². The number of carbonyl (C=O) groups excluding carboxylic acids is 4. The van der Waals surface area contributed by atoms with Gasteiger partial charge in [0.2, 0.25) is 11.8 Å². The number of nitrogens with one attached hydrogen (secondary N) is 1. The number of hydrogen-bond donors (Lipinski definition) is 1. The Kier molecular flexibility index (Phi) is 6.50. The van der Waals surface area contributed by atoms with E-state index >= 15 is 0 Å². The Balaban J connectivity index is 1.63. The maximum absolute atomic E-state index is 13.3. The number of ether oxygens (including phenoxy) is 1. The van der Waals surface area contributed by atoms with Crippen LogP contribution in [0.3, 0.4) is 0 Å². The standard InChI is InChI=1S/C24H21N3O5S/c1-32-18-10-5-9-17(13-18)26-22(29)15-20(24(26)31)27(23(30)16-7-3-2-4-8-16)25-21(28)14-19-11-6-12-33-19/h2-13,20H,14-15H2,1H3,(H,25,28). The van der Waals surface area contributed by atoms with Gasteiger partial charge in [0.15, 0.2) is 0 Å².